The summed E-state index contributed by atoms with van der Waals surface area (Å²) in [7, 11) is 1.61. The van der Waals surface area contributed by atoms with E-state index in [1.54, 1.807) is 37.4 Å². The Labute approximate surface area is 167 Å². The van der Waals surface area contributed by atoms with Gasteiger partial charge in [-0.25, -0.2) is 9.97 Å². The van der Waals surface area contributed by atoms with Crippen molar-refractivity contribution in [3.8, 4) is 40.7 Å². The second kappa shape index (κ2) is 9.95. The van der Waals surface area contributed by atoms with E-state index in [-0.39, 0.29) is 0 Å². The third kappa shape index (κ3) is 5.14. The molecule has 2 aromatic heterocycles. The summed E-state index contributed by atoms with van der Waals surface area (Å²) >= 11 is 0. The Morgan fingerprint density at radius 3 is 2.66 bits per heavy atom. The highest BCUT2D eigenvalue weighted by molar-refractivity contribution is 5.64. The van der Waals surface area contributed by atoms with Gasteiger partial charge in [0.1, 0.15) is 30.2 Å². The van der Waals surface area contributed by atoms with Gasteiger partial charge in [0.05, 0.1) is 25.4 Å². The van der Waals surface area contributed by atoms with Crippen LogP contribution in [-0.4, -0.2) is 53.7 Å². The van der Waals surface area contributed by atoms with Gasteiger partial charge in [0, 0.05) is 24.4 Å². The van der Waals surface area contributed by atoms with E-state index >= 15 is 0 Å². The standard InChI is InChI=1S/C20H18N6O3/c1-27-6-7-28-8-9-29-18-3-2-14(10-16(18)12-21)19-24-20(26-25-19)15-4-5-23-17(11-15)13-22/h2-5,10-11H,6-9H2,1H3,(H,24,25,26). The second-order valence-corrected chi connectivity index (χ2v) is 5.83. The lowest BCUT2D eigenvalue weighted by atomic mass is 10.1. The Kier molecular flexibility index (Phi) is 6.85. The molecule has 0 spiro atoms. The van der Waals surface area contributed by atoms with E-state index in [0.29, 0.717) is 66.2 Å². The molecule has 0 saturated carbocycles. The summed E-state index contributed by atoms with van der Waals surface area (Å²) in [4.78, 5) is 8.39. The molecule has 1 N–H and O–H groups in total. The first kappa shape index (κ1) is 20.0. The summed E-state index contributed by atoms with van der Waals surface area (Å²) in [5.74, 6) is 1.40. The number of benzene rings is 1. The van der Waals surface area contributed by atoms with Gasteiger partial charge in [0.15, 0.2) is 11.6 Å². The number of H-pyrrole nitrogens is 1. The zero-order valence-corrected chi connectivity index (χ0v) is 15.8. The van der Waals surface area contributed by atoms with Gasteiger partial charge in [-0.2, -0.15) is 15.6 Å². The third-order valence-corrected chi connectivity index (χ3v) is 3.91. The number of ether oxygens (including phenoxy) is 3. The maximum Gasteiger partial charge on any atom is 0.181 e. The summed E-state index contributed by atoms with van der Waals surface area (Å²) in [5.41, 5.74) is 2.04. The predicted molar refractivity (Wildman–Crippen MR) is 103 cm³/mol. The van der Waals surface area contributed by atoms with Crippen molar-refractivity contribution in [3.05, 3.63) is 47.8 Å². The normalized spacial score (nSPS) is 10.3. The Morgan fingerprint density at radius 2 is 1.86 bits per heavy atom. The molecule has 0 aliphatic carbocycles. The van der Waals surface area contributed by atoms with Crippen LogP contribution in [0.15, 0.2) is 36.5 Å². The quantitative estimate of drug-likeness (QED) is 0.551. The Balaban J connectivity index is 1.71. The molecule has 0 aliphatic rings. The molecule has 0 atom stereocenters. The summed E-state index contributed by atoms with van der Waals surface area (Å²) in [5, 5.41) is 25.5. The molecule has 146 valence electrons. The number of rotatable bonds is 9. The SMILES string of the molecule is COCCOCCOc1ccc(-c2n[nH]c(-c3ccnc(C#N)c3)n2)cc1C#N. The van der Waals surface area contributed by atoms with Crippen LogP contribution in [0.1, 0.15) is 11.3 Å². The van der Waals surface area contributed by atoms with Gasteiger partial charge >= 0.3 is 0 Å². The van der Waals surface area contributed by atoms with Crippen molar-refractivity contribution in [1.82, 2.24) is 20.2 Å². The minimum atomic E-state index is 0.292. The Hall–Kier alpha value is -3.79. The summed E-state index contributed by atoms with van der Waals surface area (Å²) in [6.45, 7) is 1.74. The predicted octanol–water partition coefficient (Wildman–Crippen LogP) is 2.32. The molecule has 3 aromatic rings. The van der Waals surface area contributed by atoms with Gasteiger partial charge in [-0.3, -0.25) is 5.10 Å². The number of nitrogens with zero attached hydrogens (tertiary/aromatic N) is 5. The first-order valence-electron chi connectivity index (χ1n) is 8.78. The van der Waals surface area contributed by atoms with E-state index in [2.05, 4.69) is 26.2 Å². The molecule has 0 amide bonds. The van der Waals surface area contributed by atoms with Crippen LogP contribution < -0.4 is 4.74 Å². The lowest BCUT2D eigenvalue weighted by molar-refractivity contribution is 0.0544. The van der Waals surface area contributed by atoms with Gasteiger partial charge in [0.2, 0.25) is 0 Å². The highest BCUT2D eigenvalue weighted by Gasteiger charge is 2.12. The molecule has 0 saturated heterocycles. The van der Waals surface area contributed by atoms with Crippen molar-refractivity contribution in [2.45, 2.75) is 0 Å². The summed E-state index contributed by atoms with van der Waals surface area (Å²) < 4.78 is 15.9. The van der Waals surface area contributed by atoms with E-state index in [9.17, 15) is 5.26 Å². The first-order chi connectivity index (χ1) is 14.2. The topological polar surface area (TPSA) is 130 Å². The molecule has 29 heavy (non-hydrogen) atoms. The maximum absolute atomic E-state index is 9.44. The summed E-state index contributed by atoms with van der Waals surface area (Å²) in [6.07, 6.45) is 1.54. The van der Waals surface area contributed by atoms with Crippen LogP contribution in [0, 0.1) is 22.7 Å². The number of aromatic nitrogens is 4. The van der Waals surface area contributed by atoms with Crippen LogP contribution in [0.2, 0.25) is 0 Å². The van der Waals surface area contributed by atoms with Crippen molar-refractivity contribution in [3.63, 3.8) is 0 Å². The zero-order valence-electron chi connectivity index (χ0n) is 15.8. The molecule has 0 fully saturated rings. The van der Waals surface area contributed by atoms with Crippen LogP contribution in [0.3, 0.4) is 0 Å². The van der Waals surface area contributed by atoms with Crippen LogP contribution in [0.4, 0.5) is 0 Å². The van der Waals surface area contributed by atoms with E-state index in [1.807, 2.05) is 6.07 Å². The second-order valence-electron chi connectivity index (χ2n) is 5.83. The van der Waals surface area contributed by atoms with Gasteiger partial charge in [-0.1, -0.05) is 0 Å². The van der Waals surface area contributed by atoms with Gasteiger partial charge in [-0.15, -0.1) is 0 Å². The fourth-order valence-corrected chi connectivity index (χ4v) is 2.50. The fraction of sp³-hybridized carbons (Fsp3) is 0.250. The number of methoxy groups -OCH3 is 1. The van der Waals surface area contributed by atoms with Crippen molar-refractivity contribution in [2.24, 2.45) is 0 Å². The number of hydrogen-bond acceptors (Lipinski definition) is 8. The Bertz CT molecular complexity index is 1050. The van der Waals surface area contributed by atoms with Crippen LogP contribution in [0.5, 0.6) is 5.75 Å². The van der Waals surface area contributed by atoms with Crippen LogP contribution >= 0.6 is 0 Å². The van der Waals surface area contributed by atoms with Crippen molar-refractivity contribution in [1.29, 1.82) is 10.5 Å². The third-order valence-electron chi connectivity index (χ3n) is 3.91. The molecule has 9 nitrogen and oxygen atoms in total. The minimum absolute atomic E-state index is 0.292. The lowest BCUT2D eigenvalue weighted by Crippen LogP contribution is -2.10. The monoisotopic (exact) mass is 390 g/mol. The molecular formula is C20H18N6O3. The van der Waals surface area contributed by atoms with Crippen molar-refractivity contribution >= 4 is 0 Å². The summed E-state index contributed by atoms with van der Waals surface area (Å²) in [6, 6.07) is 12.6. The molecule has 0 bridgehead atoms. The van der Waals surface area contributed by atoms with Crippen molar-refractivity contribution < 1.29 is 14.2 Å². The molecule has 0 radical (unpaired) electrons. The average molecular weight is 390 g/mol. The molecule has 3 rings (SSSR count). The number of pyridine rings is 1. The maximum atomic E-state index is 9.44. The van der Waals surface area contributed by atoms with Crippen molar-refractivity contribution in [2.75, 3.05) is 33.5 Å². The molecule has 1 aromatic carbocycles. The lowest BCUT2D eigenvalue weighted by Gasteiger charge is -2.09. The van der Waals surface area contributed by atoms with Gasteiger partial charge in [-0.05, 0) is 30.3 Å². The smallest absolute Gasteiger partial charge is 0.181 e. The first-order valence-corrected chi connectivity index (χ1v) is 8.78. The molecular weight excluding hydrogens is 372 g/mol. The van der Waals surface area contributed by atoms with E-state index < -0.39 is 0 Å². The molecule has 2 heterocycles. The minimum Gasteiger partial charge on any atom is -0.490 e. The van der Waals surface area contributed by atoms with Gasteiger partial charge < -0.3 is 14.2 Å². The van der Waals surface area contributed by atoms with Crippen LogP contribution in [-0.2, 0) is 9.47 Å². The zero-order chi connectivity index (χ0) is 20.5. The number of aromatic amines is 1. The Morgan fingerprint density at radius 1 is 1.00 bits per heavy atom. The highest BCUT2D eigenvalue weighted by Crippen LogP contribution is 2.26. The number of nitriles is 2. The van der Waals surface area contributed by atoms with Gasteiger partial charge in [0.25, 0.3) is 0 Å². The molecule has 0 unspecified atom stereocenters. The molecule has 0 aliphatic heterocycles. The number of hydrogen-bond donors (Lipinski definition) is 1. The fourth-order valence-electron chi connectivity index (χ4n) is 2.50. The van der Waals surface area contributed by atoms with E-state index in [4.69, 9.17) is 19.5 Å². The van der Waals surface area contributed by atoms with E-state index in [0.717, 1.165) is 0 Å². The molecule has 9 heteroatoms. The highest BCUT2D eigenvalue weighted by atomic mass is 16.5. The average Bonchev–Trinajstić information content (AvgIpc) is 3.26. The van der Waals surface area contributed by atoms with E-state index in [1.165, 1.54) is 6.20 Å². The largest absolute Gasteiger partial charge is 0.490 e. The van der Waals surface area contributed by atoms with Crippen LogP contribution in [0.25, 0.3) is 22.8 Å². The number of nitrogens with one attached hydrogen (secondary N) is 1.